The van der Waals surface area contributed by atoms with Crippen LogP contribution in [-0.4, -0.2) is 21.7 Å². The van der Waals surface area contributed by atoms with Crippen molar-refractivity contribution in [2.24, 2.45) is 0 Å². The Morgan fingerprint density at radius 2 is 2.12 bits per heavy atom. The summed E-state index contributed by atoms with van der Waals surface area (Å²) in [5.74, 6) is 1.57. The van der Waals surface area contributed by atoms with Crippen LogP contribution in [0.15, 0.2) is 34.9 Å². The molecule has 1 aromatic carbocycles. The van der Waals surface area contributed by atoms with Crippen molar-refractivity contribution in [2.75, 3.05) is 17.2 Å². The molecule has 3 heterocycles. The molecule has 0 spiro atoms. The summed E-state index contributed by atoms with van der Waals surface area (Å²) in [6, 6.07) is 8.27. The Balaban J connectivity index is 1.71. The molecule has 0 bridgehead atoms. The summed E-state index contributed by atoms with van der Waals surface area (Å²) in [6.45, 7) is 3.22. The molecule has 6 nitrogen and oxygen atoms in total. The van der Waals surface area contributed by atoms with Crippen molar-refractivity contribution < 1.29 is 8.91 Å². The number of nitrogens with two attached hydrogens (primary N) is 1. The molecular formula is C17H16FN5O. The minimum Gasteiger partial charge on any atom is -0.368 e. The number of benzene rings is 1. The highest BCUT2D eigenvalue weighted by Crippen LogP contribution is 2.32. The van der Waals surface area contributed by atoms with Crippen LogP contribution in [0.1, 0.15) is 17.0 Å². The van der Waals surface area contributed by atoms with Gasteiger partial charge in [0.05, 0.1) is 6.54 Å². The van der Waals surface area contributed by atoms with Gasteiger partial charge in [0.1, 0.15) is 23.1 Å². The van der Waals surface area contributed by atoms with Crippen molar-refractivity contribution >= 4 is 11.8 Å². The fourth-order valence-corrected chi connectivity index (χ4v) is 3.00. The maximum atomic E-state index is 13.5. The van der Waals surface area contributed by atoms with Crippen LogP contribution in [0.4, 0.5) is 16.2 Å². The van der Waals surface area contributed by atoms with Gasteiger partial charge in [-0.1, -0.05) is 17.3 Å². The molecule has 0 unspecified atom stereocenters. The smallest absolute Gasteiger partial charge is 0.222 e. The number of rotatable bonds is 2. The first kappa shape index (κ1) is 14.6. The zero-order chi connectivity index (χ0) is 16.7. The average molecular weight is 325 g/mol. The molecule has 0 atom stereocenters. The summed E-state index contributed by atoms with van der Waals surface area (Å²) in [4.78, 5) is 10.5. The highest BCUT2D eigenvalue weighted by molar-refractivity contribution is 5.65. The SMILES string of the molecule is Cc1cc(N2CCc3onc(-c4cccc(F)c4)c3C2)nc(N)n1. The highest BCUT2D eigenvalue weighted by Gasteiger charge is 2.26. The van der Waals surface area contributed by atoms with Crippen LogP contribution in [-0.2, 0) is 13.0 Å². The van der Waals surface area contributed by atoms with Crippen LogP contribution in [0, 0.1) is 12.7 Å². The van der Waals surface area contributed by atoms with Crippen LogP contribution >= 0.6 is 0 Å². The van der Waals surface area contributed by atoms with Gasteiger partial charge in [-0.25, -0.2) is 9.37 Å². The number of hydrogen-bond acceptors (Lipinski definition) is 6. The van der Waals surface area contributed by atoms with Gasteiger partial charge < -0.3 is 15.2 Å². The van der Waals surface area contributed by atoms with Crippen LogP contribution < -0.4 is 10.6 Å². The lowest BCUT2D eigenvalue weighted by Gasteiger charge is -2.27. The zero-order valence-electron chi connectivity index (χ0n) is 13.2. The van der Waals surface area contributed by atoms with E-state index in [2.05, 4.69) is 20.0 Å². The van der Waals surface area contributed by atoms with Gasteiger partial charge in [-0.3, -0.25) is 0 Å². The molecule has 1 aliphatic heterocycles. The molecule has 0 amide bonds. The summed E-state index contributed by atoms with van der Waals surface area (Å²) < 4.78 is 19.0. The van der Waals surface area contributed by atoms with Crippen LogP contribution in [0.3, 0.4) is 0 Å². The van der Waals surface area contributed by atoms with Gasteiger partial charge in [-0.05, 0) is 19.1 Å². The Morgan fingerprint density at radius 1 is 1.25 bits per heavy atom. The lowest BCUT2D eigenvalue weighted by Crippen LogP contribution is -2.31. The normalized spacial score (nSPS) is 13.8. The molecule has 0 saturated carbocycles. The number of nitrogen functional groups attached to an aromatic ring is 1. The number of aromatic nitrogens is 3. The zero-order valence-corrected chi connectivity index (χ0v) is 13.2. The third-order valence-electron chi connectivity index (χ3n) is 4.11. The standard InChI is InChI=1S/C17H16FN5O/c1-10-7-15(21-17(19)20-10)23-6-5-14-13(9-23)16(22-24-14)11-3-2-4-12(18)8-11/h2-4,7-8H,5-6,9H2,1H3,(H2,19,20,21). The molecule has 0 fully saturated rings. The molecule has 0 aliphatic carbocycles. The average Bonchev–Trinajstić information content (AvgIpc) is 2.97. The van der Waals surface area contributed by atoms with Crippen LogP contribution in [0.5, 0.6) is 0 Å². The maximum absolute atomic E-state index is 13.5. The predicted octanol–water partition coefficient (Wildman–Crippen LogP) is 2.72. The Morgan fingerprint density at radius 3 is 2.92 bits per heavy atom. The summed E-state index contributed by atoms with van der Waals surface area (Å²) in [5, 5.41) is 4.15. The first-order valence-corrected chi connectivity index (χ1v) is 7.69. The highest BCUT2D eigenvalue weighted by atomic mass is 19.1. The largest absolute Gasteiger partial charge is 0.368 e. The van der Waals surface area contributed by atoms with Crippen LogP contribution in [0.2, 0.25) is 0 Å². The van der Waals surface area contributed by atoms with E-state index in [1.807, 2.05) is 19.1 Å². The molecule has 3 aromatic rings. The van der Waals surface area contributed by atoms with E-state index in [9.17, 15) is 4.39 Å². The summed E-state index contributed by atoms with van der Waals surface area (Å²) in [5.41, 5.74) is 8.92. The monoisotopic (exact) mass is 325 g/mol. The van der Waals surface area contributed by atoms with Gasteiger partial charge >= 0.3 is 0 Å². The second-order valence-corrected chi connectivity index (χ2v) is 5.84. The Labute approximate surface area is 138 Å². The van der Waals surface area contributed by atoms with Crippen molar-refractivity contribution in [1.82, 2.24) is 15.1 Å². The Bertz CT molecular complexity index is 887. The van der Waals surface area contributed by atoms with Crippen molar-refractivity contribution in [3.63, 3.8) is 0 Å². The third kappa shape index (κ3) is 2.58. The summed E-state index contributed by atoms with van der Waals surface area (Å²) >= 11 is 0. The topological polar surface area (TPSA) is 81.1 Å². The van der Waals surface area contributed by atoms with Gasteiger partial charge in [0.15, 0.2) is 0 Å². The number of halogens is 1. The second kappa shape index (κ2) is 5.59. The van der Waals surface area contributed by atoms with E-state index in [0.29, 0.717) is 24.2 Å². The molecule has 4 rings (SSSR count). The fourth-order valence-electron chi connectivity index (χ4n) is 3.00. The second-order valence-electron chi connectivity index (χ2n) is 5.84. The number of anilines is 2. The lowest BCUT2D eigenvalue weighted by atomic mass is 10.0. The molecule has 0 radical (unpaired) electrons. The first-order chi connectivity index (χ1) is 11.6. The quantitative estimate of drug-likeness (QED) is 0.780. The van der Waals surface area contributed by atoms with E-state index >= 15 is 0 Å². The van der Waals surface area contributed by atoms with Gasteiger partial charge in [0.2, 0.25) is 5.95 Å². The third-order valence-corrected chi connectivity index (χ3v) is 4.11. The number of hydrogen-bond donors (Lipinski definition) is 1. The van der Waals surface area contributed by atoms with E-state index < -0.39 is 0 Å². The van der Waals surface area contributed by atoms with E-state index in [1.165, 1.54) is 12.1 Å². The summed E-state index contributed by atoms with van der Waals surface area (Å²) in [7, 11) is 0. The van der Waals surface area contributed by atoms with Crippen molar-refractivity contribution in [3.8, 4) is 11.3 Å². The maximum Gasteiger partial charge on any atom is 0.222 e. The Kier molecular flexibility index (Phi) is 3.41. The van der Waals surface area contributed by atoms with E-state index in [-0.39, 0.29) is 11.8 Å². The van der Waals surface area contributed by atoms with Gasteiger partial charge in [0.25, 0.3) is 0 Å². The van der Waals surface area contributed by atoms with E-state index in [4.69, 9.17) is 10.3 Å². The predicted molar refractivity (Wildman–Crippen MR) is 87.8 cm³/mol. The number of fused-ring (bicyclic) bond motifs is 1. The minimum absolute atomic E-state index is 0.256. The fraction of sp³-hybridized carbons (Fsp3) is 0.235. The van der Waals surface area contributed by atoms with Crippen molar-refractivity contribution in [3.05, 3.63) is 53.2 Å². The van der Waals surface area contributed by atoms with Crippen molar-refractivity contribution in [1.29, 1.82) is 0 Å². The van der Waals surface area contributed by atoms with Gasteiger partial charge in [-0.15, -0.1) is 0 Å². The van der Waals surface area contributed by atoms with Gasteiger partial charge in [-0.2, -0.15) is 4.98 Å². The van der Waals surface area contributed by atoms with E-state index in [1.54, 1.807) is 6.07 Å². The van der Waals surface area contributed by atoms with Gasteiger partial charge in [0, 0.05) is 35.9 Å². The molecule has 2 aromatic heterocycles. The first-order valence-electron chi connectivity index (χ1n) is 7.69. The number of nitrogens with zero attached hydrogens (tertiary/aromatic N) is 4. The molecule has 1 aliphatic rings. The minimum atomic E-state index is -0.295. The van der Waals surface area contributed by atoms with E-state index in [0.717, 1.165) is 29.4 Å². The molecule has 0 saturated heterocycles. The van der Waals surface area contributed by atoms with Crippen LogP contribution in [0.25, 0.3) is 11.3 Å². The molecule has 24 heavy (non-hydrogen) atoms. The Hall–Kier alpha value is -2.96. The number of aryl methyl sites for hydroxylation is 1. The molecule has 2 N–H and O–H groups in total. The van der Waals surface area contributed by atoms with Crippen molar-refractivity contribution in [2.45, 2.75) is 19.9 Å². The molecule has 7 heteroatoms. The molecular weight excluding hydrogens is 309 g/mol. The molecule has 122 valence electrons. The summed E-state index contributed by atoms with van der Waals surface area (Å²) in [6.07, 6.45) is 0.709. The lowest BCUT2D eigenvalue weighted by molar-refractivity contribution is 0.379.